The second kappa shape index (κ2) is 8.87. The van der Waals surface area contributed by atoms with E-state index in [1.807, 2.05) is 6.07 Å². The fraction of sp³-hybridized carbons (Fsp3) is 0.174. The van der Waals surface area contributed by atoms with Gasteiger partial charge in [-0.25, -0.2) is 12.8 Å². The van der Waals surface area contributed by atoms with Crippen molar-refractivity contribution in [3.05, 3.63) is 89.7 Å². The van der Waals surface area contributed by atoms with E-state index in [0.717, 1.165) is 11.1 Å². The average molecular weight is 440 g/mol. The molecule has 1 amide bonds. The van der Waals surface area contributed by atoms with Gasteiger partial charge in [-0.1, -0.05) is 36.4 Å². The highest BCUT2D eigenvalue weighted by Crippen LogP contribution is 2.27. The minimum atomic E-state index is -3.59. The lowest BCUT2D eigenvalue weighted by atomic mass is 10.0. The predicted octanol–water partition coefficient (Wildman–Crippen LogP) is 3.59. The SMILES string of the molecule is O=C(COc1ccccc1F)Nc1ccc2c(c1)CN(S(=O)(=O)c1ccccc1)CC2. The van der Waals surface area contributed by atoms with Crippen LogP contribution >= 0.6 is 0 Å². The highest BCUT2D eigenvalue weighted by Gasteiger charge is 2.28. The summed E-state index contributed by atoms with van der Waals surface area (Å²) in [7, 11) is -3.59. The maximum atomic E-state index is 13.6. The fourth-order valence-electron chi connectivity index (χ4n) is 3.46. The molecule has 0 spiro atoms. The number of rotatable bonds is 6. The Bertz CT molecular complexity index is 1200. The third-order valence-electron chi connectivity index (χ3n) is 5.04. The van der Waals surface area contributed by atoms with Crippen molar-refractivity contribution in [1.29, 1.82) is 0 Å². The molecule has 160 valence electrons. The molecule has 4 rings (SSSR count). The number of carbonyl (C=O) groups is 1. The molecule has 0 radical (unpaired) electrons. The fourth-order valence-corrected chi connectivity index (χ4v) is 4.90. The van der Waals surface area contributed by atoms with Crippen molar-refractivity contribution < 1.29 is 22.3 Å². The lowest BCUT2D eigenvalue weighted by Gasteiger charge is -2.28. The molecule has 0 fully saturated rings. The lowest BCUT2D eigenvalue weighted by Crippen LogP contribution is -2.36. The summed E-state index contributed by atoms with van der Waals surface area (Å²) in [5.41, 5.74) is 2.40. The minimum Gasteiger partial charge on any atom is -0.481 e. The summed E-state index contributed by atoms with van der Waals surface area (Å²) >= 11 is 0. The van der Waals surface area contributed by atoms with Gasteiger partial charge in [0.2, 0.25) is 10.0 Å². The number of ether oxygens (including phenoxy) is 1. The van der Waals surface area contributed by atoms with Gasteiger partial charge in [0.05, 0.1) is 4.90 Å². The van der Waals surface area contributed by atoms with Gasteiger partial charge >= 0.3 is 0 Å². The Morgan fingerprint density at radius 1 is 1.00 bits per heavy atom. The molecule has 1 N–H and O–H groups in total. The number of amides is 1. The molecule has 3 aromatic rings. The van der Waals surface area contributed by atoms with Gasteiger partial charge < -0.3 is 10.1 Å². The van der Waals surface area contributed by atoms with E-state index < -0.39 is 21.7 Å². The van der Waals surface area contributed by atoms with E-state index in [9.17, 15) is 17.6 Å². The van der Waals surface area contributed by atoms with E-state index in [1.54, 1.807) is 48.5 Å². The van der Waals surface area contributed by atoms with Gasteiger partial charge in [0.1, 0.15) is 0 Å². The van der Waals surface area contributed by atoms with Crippen LogP contribution in [0.2, 0.25) is 0 Å². The summed E-state index contributed by atoms with van der Waals surface area (Å²) in [4.78, 5) is 12.5. The number of sulfonamides is 1. The molecule has 8 heteroatoms. The van der Waals surface area contributed by atoms with Gasteiger partial charge in [0.15, 0.2) is 18.2 Å². The Kier molecular flexibility index (Phi) is 6.01. The van der Waals surface area contributed by atoms with Crippen LogP contribution in [-0.4, -0.2) is 31.8 Å². The Hall–Kier alpha value is -3.23. The largest absolute Gasteiger partial charge is 0.481 e. The highest BCUT2D eigenvalue weighted by molar-refractivity contribution is 7.89. The number of halogens is 1. The van der Waals surface area contributed by atoms with E-state index >= 15 is 0 Å². The van der Waals surface area contributed by atoms with E-state index in [0.29, 0.717) is 18.7 Å². The Balaban J connectivity index is 1.43. The smallest absolute Gasteiger partial charge is 0.262 e. The van der Waals surface area contributed by atoms with E-state index in [4.69, 9.17) is 4.74 Å². The molecule has 31 heavy (non-hydrogen) atoms. The maximum Gasteiger partial charge on any atom is 0.262 e. The van der Waals surface area contributed by atoms with Crippen LogP contribution < -0.4 is 10.1 Å². The number of nitrogens with zero attached hydrogens (tertiary/aromatic N) is 1. The molecule has 0 aromatic heterocycles. The van der Waals surface area contributed by atoms with E-state index in [2.05, 4.69) is 5.32 Å². The molecule has 1 heterocycles. The number of hydrogen-bond donors (Lipinski definition) is 1. The number of carbonyl (C=O) groups excluding carboxylic acids is 1. The summed E-state index contributed by atoms with van der Waals surface area (Å²) in [5, 5.41) is 2.71. The van der Waals surface area contributed by atoms with Gasteiger partial charge in [0, 0.05) is 18.8 Å². The molecule has 0 unspecified atom stereocenters. The summed E-state index contributed by atoms with van der Waals surface area (Å²) in [6.07, 6.45) is 0.589. The molecule has 1 aliphatic rings. The van der Waals surface area contributed by atoms with Crippen LogP contribution in [0.3, 0.4) is 0 Å². The second-order valence-corrected chi connectivity index (χ2v) is 9.09. The lowest BCUT2D eigenvalue weighted by molar-refractivity contribution is -0.118. The highest BCUT2D eigenvalue weighted by atomic mass is 32.2. The number of anilines is 1. The number of benzene rings is 3. The Morgan fingerprint density at radius 3 is 2.52 bits per heavy atom. The molecule has 1 aliphatic heterocycles. The zero-order valence-corrected chi connectivity index (χ0v) is 17.4. The van der Waals surface area contributed by atoms with Gasteiger partial charge in [-0.3, -0.25) is 4.79 Å². The summed E-state index contributed by atoms with van der Waals surface area (Å²) in [5.74, 6) is -0.971. The molecule has 6 nitrogen and oxygen atoms in total. The molecule has 3 aromatic carbocycles. The zero-order valence-electron chi connectivity index (χ0n) is 16.6. The van der Waals surface area contributed by atoms with Crippen molar-refractivity contribution in [3.8, 4) is 5.75 Å². The van der Waals surface area contributed by atoms with Gasteiger partial charge in [-0.05, 0) is 53.9 Å². The monoisotopic (exact) mass is 440 g/mol. The van der Waals surface area contributed by atoms with Crippen molar-refractivity contribution in [1.82, 2.24) is 4.31 Å². The molecular weight excluding hydrogens is 419 g/mol. The first kappa shape index (κ1) is 21.0. The molecule has 0 saturated carbocycles. The van der Waals surface area contributed by atoms with E-state index in [-0.39, 0.29) is 23.8 Å². The molecular formula is C23H21FN2O4S. The van der Waals surface area contributed by atoms with Crippen LogP contribution in [0.25, 0.3) is 0 Å². The summed E-state index contributed by atoms with van der Waals surface area (Å²) in [6.45, 7) is 0.279. The topological polar surface area (TPSA) is 75.7 Å². The normalized spacial score (nSPS) is 14.0. The van der Waals surface area contributed by atoms with Gasteiger partial charge in [-0.2, -0.15) is 4.31 Å². The van der Waals surface area contributed by atoms with Crippen molar-refractivity contribution >= 4 is 21.6 Å². The van der Waals surface area contributed by atoms with Crippen LogP contribution in [-0.2, 0) is 27.8 Å². The predicted molar refractivity (Wildman–Crippen MR) is 115 cm³/mol. The van der Waals surface area contributed by atoms with Crippen molar-refractivity contribution in [2.75, 3.05) is 18.5 Å². The number of nitrogens with one attached hydrogen (secondary N) is 1. The third-order valence-corrected chi connectivity index (χ3v) is 6.90. The average Bonchev–Trinajstić information content (AvgIpc) is 2.78. The van der Waals surface area contributed by atoms with Crippen LogP contribution in [0, 0.1) is 5.82 Å². The zero-order chi connectivity index (χ0) is 21.8. The summed E-state index contributed by atoms with van der Waals surface area (Å²) in [6, 6.07) is 19.6. The van der Waals surface area contributed by atoms with Crippen LogP contribution in [0.1, 0.15) is 11.1 Å². The van der Waals surface area contributed by atoms with Crippen molar-refractivity contribution in [2.24, 2.45) is 0 Å². The quantitative estimate of drug-likeness (QED) is 0.636. The number of hydrogen-bond acceptors (Lipinski definition) is 4. The first-order chi connectivity index (χ1) is 14.9. The molecule has 0 bridgehead atoms. The number of fused-ring (bicyclic) bond motifs is 1. The van der Waals surface area contributed by atoms with Crippen molar-refractivity contribution in [2.45, 2.75) is 17.9 Å². The number of para-hydroxylation sites is 1. The summed E-state index contributed by atoms with van der Waals surface area (Å²) < 4.78 is 46.1. The maximum absolute atomic E-state index is 13.6. The third kappa shape index (κ3) is 4.76. The Morgan fingerprint density at radius 2 is 1.74 bits per heavy atom. The van der Waals surface area contributed by atoms with Crippen LogP contribution in [0.15, 0.2) is 77.7 Å². The molecule has 0 saturated heterocycles. The van der Waals surface area contributed by atoms with Crippen LogP contribution in [0.4, 0.5) is 10.1 Å². The second-order valence-electron chi connectivity index (χ2n) is 7.15. The first-order valence-electron chi connectivity index (χ1n) is 9.78. The minimum absolute atomic E-state index is 0.00449. The van der Waals surface area contributed by atoms with Crippen molar-refractivity contribution in [3.63, 3.8) is 0 Å². The van der Waals surface area contributed by atoms with E-state index in [1.165, 1.54) is 22.5 Å². The molecule has 0 atom stereocenters. The Labute approximate surface area is 180 Å². The first-order valence-corrected chi connectivity index (χ1v) is 11.2. The van der Waals surface area contributed by atoms with Gasteiger partial charge in [-0.15, -0.1) is 0 Å². The van der Waals surface area contributed by atoms with Gasteiger partial charge in [0.25, 0.3) is 5.91 Å². The van der Waals surface area contributed by atoms with Crippen LogP contribution in [0.5, 0.6) is 5.75 Å². The standard InChI is InChI=1S/C23H21FN2O4S/c24-21-8-4-5-9-22(21)30-16-23(27)25-19-11-10-17-12-13-26(15-18(17)14-19)31(28,29)20-6-2-1-3-7-20/h1-11,14H,12-13,15-16H2,(H,25,27). The molecule has 0 aliphatic carbocycles.